The molecule has 1 aliphatic rings. The molecule has 0 bridgehead atoms. The first-order valence-corrected chi connectivity index (χ1v) is 6.47. The van der Waals surface area contributed by atoms with Gasteiger partial charge in [-0.2, -0.15) is 0 Å². The van der Waals surface area contributed by atoms with Crippen LogP contribution in [0.15, 0.2) is 12.4 Å². The molecule has 1 saturated heterocycles. The number of aryl methyl sites for hydroxylation is 1. The van der Waals surface area contributed by atoms with Gasteiger partial charge < -0.3 is 10.6 Å². The van der Waals surface area contributed by atoms with E-state index >= 15 is 0 Å². The SMILES string of the molecule is Cc1ncc(N2CCCC[C@H](CN)[C@H]2C)cn1. The van der Waals surface area contributed by atoms with Crippen LogP contribution in [0.4, 0.5) is 5.69 Å². The molecule has 0 aliphatic carbocycles. The van der Waals surface area contributed by atoms with Gasteiger partial charge in [-0.25, -0.2) is 9.97 Å². The Morgan fingerprint density at radius 1 is 1.35 bits per heavy atom. The van der Waals surface area contributed by atoms with E-state index in [1.54, 1.807) is 0 Å². The Labute approximate surface area is 103 Å². The van der Waals surface area contributed by atoms with Crippen molar-refractivity contribution in [2.45, 2.75) is 39.2 Å². The third kappa shape index (κ3) is 2.75. The Balaban J connectivity index is 2.20. The fraction of sp³-hybridized carbons (Fsp3) is 0.692. The predicted octanol–water partition coefficient (Wildman–Crippen LogP) is 1.74. The molecule has 1 fully saturated rings. The average Bonchev–Trinajstić information content (AvgIpc) is 2.52. The number of aromatic nitrogens is 2. The highest BCUT2D eigenvalue weighted by molar-refractivity contribution is 5.43. The molecule has 4 heteroatoms. The van der Waals surface area contributed by atoms with Gasteiger partial charge >= 0.3 is 0 Å². The van der Waals surface area contributed by atoms with Crippen molar-refractivity contribution in [3.63, 3.8) is 0 Å². The van der Waals surface area contributed by atoms with Crippen LogP contribution in [0.25, 0.3) is 0 Å². The number of hydrogen-bond donors (Lipinski definition) is 1. The Hall–Kier alpha value is -1.16. The highest BCUT2D eigenvalue weighted by Gasteiger charge is 2.25. The molecule has 2 atom stereocenters. The molecule has 0 aromatic carbocycles. The van der Waals surface area contributed by atoms with E-state index < -0.39 is 0 Å². The van der Waals surface area contributed by atoms with Gasteiger partial charge in [-0.1, -0.05) is 6.42 Å². The molecule has 2 heterocycles. The molecule has 0 amide bonds. The van der Waals surface area contributed by atoms with Crippen LogP contribution >= 0.6 is 0 Å². The summed E-state index contributed by atoms with van der Waals surface area (Å²) in [4.78, 5) is 11.0. The van der Waals surface area contributed by atoms with Gasteiger partial charge in [0.25, 0.3) is 0 Å². The summed E-state index contributed by atoms with van der Waals surface area (Å²) in [7, 11) is 0. The van der Waals surface area contributed by atoms with E-state index in [-0.39, 0.29) is 0 Å². The van der Waals surface area contributed by atoms with E-state index in [2.05, 4.69) is 21.8 Å². The molecule has 0 unspecified atom stereocenters. The number of anilines is 1. The van der Waals surface area contributed by atoms with Gasteiger partial charge in [-0.15, -0.1) is 0 Å². The Morgan fingerprint density at radius 2 is 2.06 bits per heavy atom. The Morgan fingerprint density at radius 3 is 2.71 bits per heavy atom. The van der Waals surface area contributed by atoms with E-state index in [1.807, 2.05) is 19.3 Å². The van der Waals surface area contributed by atoms with Crippen molar-refractivity contribution in [3.05, 3.63) is 18.2 Å². The van der Waals surface area contributed by atoms with Crippen LogP contribution in [-0.2, 0) is 0 Å². The van der Waals surface area contributed by atoms with Gasteiger partial charge in [0.15, 0.2) is 0 Å². The lowest BCUT2D eigenvalue weighted by Gasteiger charge is -2.33. The molecule has 4 nitrogen and oxygen atoms in total. The topological polar surface area (TPSA) is 55.0 Å². The normalized spacial score (nSPS) is 25.7. The van der Waals surface area contributed by atoms with Crippen molar-refractivity contribution in [1.82, 2.24) is 9.97 Å². The van der Waals surface area contributed by atoms with Crippen molar-refractivity contribution < 1.29 is 0 Å². The first-order chi connectivity index (χ1) is 8.22. The first-order valence-electron chi connectivity index (χ1n) is 6.47. The molecule has 0 radical (unpaired) electrons. The third-order valence-corrected chi connectivity index (χ3v) is 3.80. The minimum atomic E-state index is 0.480. The maximum absolute atomic E-state index is 5.87. The van der Waals surface area contributed by atoms with Crippen LogP contribution in [0.1, 0.15) is 32.0 Å². The molecule has 1 aromatic heterocycles. The van der Waals surface area contributed by atoms with Crippen molar-refractivity contribution in [2.24, 2.45) is 11.7 Å². The van der Waals surface area contributed by atoms with E-state index in [0.717, 1.165) is 24.6 Å². The standard InChI is InChI=1S/C13H22N4/c1-10-12(7-14)5-3-4-6-17(10)13-8-15-11(2)16-9-13/h8-10,12H,3-7,14H2,1-2H3/t10-,12-/m1/s1. The highest BCUT2D eigenvalue weighted by Crippen LogP contribution is 2.26. The predicted molar refractivity (Wildman–Crippen MR) is 70.0 cm³/mol. The lowest BCUT2D eigenvalue weighted by molar-refractivity contribution is 0.423. The van der Waals surface area contributed by atoms with E-state index in [0.29, 0.717) is 12.0 Å². The summed E-state index contributed by atoms with van der Waals surface area (Å²) in [5, 5.41) is 0. The van der Waals surface area contributed by atoms with Crippen molar-refractivity contribution >= 4 is 5.69 Å². The maximum Gasteiger partial charge on any atom is 0.125 e. The van der Waals surface area contributed by atoms with Crippen LogP contribution in [0.2, 0.25) is 0 Å². The lowest BCUT2D eigenvalue weighted by atomic mass is 9.96. The molecule has 94 valence electrons. The molecular formula is C13H22N4. The maximum atomic E-state index is 5.87. The van der Waals surface area contributed by atoms with Gasteiger partial charge in [0.2, 0.25) is 0 Å². The van der Waals surface area contributed by atoms with Crippen LogP contribution in [0.3, 0.4) is 0 Å². The summed E-state index contributed by atoms with van der Waals surface area (Å²) < 4.78 is 0. The molecule has 2 rings (SSSR count). The second-order valence-corrected chi connectivity index (χ2v) is 4.91. The molecule has 2 N–H and O–H groups in total. The van der Waals surface area contributed by atoms with Gasteiger partial charge in [-0.05, 0) is 39.2 Å². The zero-order valence-corrected chi connectivity index (χ0v) is 10.8. The molecule has 0 spiro atoms. The van der Waals surface area contributed by atoms with Crippen LogP contribution < -0.4 is 10.6 Å². The van der Waals surface area contributed by atoms with Crippen LogP contribution in [-0.4, -0.2) is 29.1 Å². The van der Waals surface area contributed by atoms with Crippen molar-refractivity contribution in [1.29, 1.82) is 0 Å². The summed E-state index contributed by atoms with van der Waals surface area (Å²) in [5.74, 6) is 1.41. The lowest BCUT2D eigenvalue weighted by Crippen LogP contribution is -2.40. The van der Waals surface area contributed by atoms with Gasteiger partial charge in [0.05, 0.1) is 18.1 Å². The summed E-state index contributed by atoms with van der Waals surface area (Å²) in [6, 6.07) is 0.480. The highest BCUT2D eigenvalue weighted by atomic mass is 15.2. The van der Waals surface area contributed by atoms with Gasteiger partial charge in [0, 0.05) is 12.6 Å². The Bertz CT molecular complexity index is 349. The van der Waals surface area contributed by atoms with Crippen molar-refractivity contribution in [3.8, 4) is 0 Å². The Kier molecular flexibility index (Phi) is 3.94. The molecule has 1 aliphatic heterocycles. The number of nitrogens with zero attached hydrogens (tertiary/aromatic N) is 3. The van der Waals surface area contributed by atoms with E-state index in [1.165, 1.54) is 19.3 Å². The van der Waals surface area contributed by atoms with E-state index in [9.17, 15) is 0 Å². The van der Waals surface area contributed by atoms with Crippen LogP contribution in [0.5, 0.6) is 0 Å². The smallest absolute Gasteiger partial charge is 0.125 e. The van der Waals surface area contributed by atoms with E-state index in [4.69, 9.17) is 5.73 Å². The van der Waals surface area contributed by atoms with Crippen molar-refractivity contribution in [2.75, 3.05) is 18.0 Å². The van der Waals surface area contributed by atoms with Crippen LogP contribution in [0, 0.1) is 12.8 Å². The molecule has 1 aromatic rings. The molecule has 0 saturated carbocycles. The zero-order chi connectivity index (χ0) is 12.3. The molecular weight excluding hydrogens is 212 g/mol. The largest absolute Gasteiger partial charge is 0.366 e. The second kappa shape index (κ2) is 5.45. The monoisotopic (exact) mass is 234 g/mol. The average molecular weight is 234 g/mol. The second-order valence-electron chi connectivity index (χ2n) is 4.91. The van der Waals surface area contributed by atoms with Gasteiger partial charge in [0.1, 0.15) is 5.82 Å². The molecule has 17 heavy (non-hydrogen) atoms. The number of hydrogen-bond acceptors (Lipinski definition) is 4. The first kappa shape index (κ1) is 12.3. The zero-order valence-electron chi connectivity index (χ0n) is 10.8. The van der Waals surface area contributed by atoms with Gasteiger partial charge in [-0.3, -0.25) is 0 Å². The summed E-state index contributed by atoms with van der Waals surface area (Å²) in [6.45, 7) is 6.04. The number of rotatable bonds is 2. The minimum Gasteiger partial charge on any atom is -0.366 e. The fourth-order valence-corrected chi connectivity index (χ4v) is 2.60. The minimum absolute atomic E-state index is 0.480. The summed E-state index contributed by atoms with van der Waals surface area (Å²) >= 11 is 0. The quantitative estimate of drug-likeness (QED) is 0.847. The third-order valence-electron chi connectivity index (χ3n) is 3.80. The number of nitrogens with two attached hydrogens (primary N) is 1. The summed E-state index contributed by atoms with van der Waals surface area (Å²) in [6.07, 6.45) is 7.60. The fourth-order valence-electron chi connectivity index (χ4n) is 2.60. The summed E-state index contributed by atoms with van der Waals surface area (Å²) in [5.41, 5.74) is 7.00.